The Hall–Kier alpha value is -4.08. The van der Waals surface area contributed by atoms with Crippen LogP contribution in [-0.4, -0.2) is 30.5 Å². The molecule has 0 unspecified atom stereocenters. The van der Waals surface area contributed by atoms with Crippen molar-refractivity contribution in [2.45, 2.75) is 27.1 Å². The highest BCUT2D eigenvalue weighted by molar-refractivity contribution is 7.92. The fraction of sp³-hybridized carbons (Fsp3) is 0.179. The minimum absolute atomic E-state index is 0.155. The zero-order valence-corrected chi connectivity index (χ0v) is 21.7. The van der Waals surface area contributed by atoms with Crippen molar-refractivity contribution >= 4 is 27.4 Å². The van der Waals surface area contributed by atoms with Gasteiger partial charge in [-0.3, -0.25) is 14.5 Å². The Morgan fingerprint density at radius 1 is 0.919 bits per heavy atom. The normalized spacial score (nSPS) is 11.2. The molecule has 0 radical (unpaired) electrons. The molecular weight excluding hydrogens is 488 g/mol. The quantitative estimate of drug-likeness (QED) is 0.320. The van der Waals surface area contributed by atoms with Gasteiger partial charge >= 0.3 is 0 Å². The second-order valence-electron chi connectivity index (χ2n) is 8.72. The van der Waals surface area contributed by atoms with Crippen molar-refractivity contribution in [3.05, 3.63) is 107 Å². The molecule has 3 aromatic carbocycles. The number of hydrogen-bond acceptors (Lipinski definition) is 6. The predicted octanol–water partition coefficient (Wildman–Crippen LogP) is 5.10. The molecule has 8 nitrogen and oxygen atoms in total. The predicted molar refractivity (Wildman–Crippen MR) is 145 cm³/mol. The van der Waals surface area contributed by atoms with Crippen molar-refractivity contribution in [3.8, 4) is 11.3 Å². The third-order valence-electron chi connectivity index (χ3n) is 5.61. The molecule has 1 amide bonds. The molecule has 0 spiro atoms. The van der Waals surface area contributed by atoms with E-state index in [1.165, 1.54) is 0 Å². The molecule has 0 aliphatic carbocycles. The first-order valence-electron chi connectivity index (χ1n) is 11.6. The van der Waals surface area contributed by atoms with E-state index in [1.54, 1.807) is 25.3 Å². The fourth-order valence-corrected chi connectivity index (χ4v) is 4.18. The van der Waals surface area contributed by atoms with E-state index >= 15 is 0 Å². The summed E-state index contributed by atoms with van der Waals surface area (Å²) >= 11 is 0. The van der Waals surface area contributed by atoms with Gasteiger partial charge in [0.2, 0.25) is 10.0 Å². The van der Waals surface area contributed by atoms with Crippen molar-refractivity contribution < 1.29 is 17.9 Å². The molecule has 0 saturated heterocycles. The summed E-state index contributed by atoms with van der Waals surface area (Å²) in [6.07, 6.45) is 2.62. The number of nitrogens with one attached hydrogen (secondary N) is 2. The Balaban J connectivity index is 1.44. The van der Waals surface area contributed by atoms with Gasteiger partial charge < -0.3 is 10.1 Å². The summed E-state index contributed by atoms with van der Waals surface area (Å²) in [5.74, 6) is -0.119. The molecule has 190 valence electrons. The maximum absolute atomic E-state index is 13.0. The zero-order chi connectivity index (χ0) is 26.4. The van der Waals surface area contributed by atoms with Crippen LogP contribution in [0, 0.1) is 13.8 Å². The van der Waals surface area contributed by atoms with E-state index in [4.69, 9.17) is 4.74 Å². The van der Waals surface area contributed by atoms with Crippen LogP contribution in [0.25, 0.3) is 11.3 Å². The molecular formula is C28H28N4O4S. The van der Waals surface area contributed by atoms with Gasteiger partial charge in [-0.15, -0.1) is 0 Å². The van der Waals surface area contributed by atoms with Crippen LogP contribution in [0.3, 0.4) is 0 Å². The van der Waals surface area contributed by atoms with Crippen LogP contribution in [0.4, 0.5) is 11.5 Å². The van der Waals surface area contributed by atoms with Crippen LogP contribution >= 0.6 is 0 Å². The Morgan fingerprint density at radius 3 is 2.27 bits per heavy atom. The Labute approximate surface area is 216 Å². The van der Waals surface area contributed by atoms with Gasteiger partial charge in [0.05, 0.1) is 37.1 Å². The zero-order valence-electron chi connectivity index (χ0n) is 20.9. The summed E-state index contributed by atoms with van der Waals surface area (Å²) in [5.41, 5.74) is 5.69. The number of hydrogen-bond donors (Lipinski definition) is 2. The number of rotatable bonds is 9. The molecule has 1 heterocycles. The van der Waals surface area contributed by atoms with Crippen molar-refractivity contribution in [2.75, 3.05) is 16.3 Å². The topological polar surface area (TPSA) is 110 Å². The number of anilines is 2. The van der Waals surface area contributed by atoms with Crippen molar-refractivity contribution in [1.82, 2.24) is 9.97 Å². The molecule has 0 aliphatic rings. The number of benzene rings is 3. The van der Waals surface area contributed by atoms with Gasteiger partial charge in [-0.1, -0.05) is 48.5 Å². The van der Waals surface area contributed by atoms with Crippen LogP contribution in [0.2, 0.25) is 0 Å². The van der Waals surface area contributed by atoms with Crippen LogP contribution in [0.1, 0.15) is 32.7 Å². The minimum Gasteiger partial charge on any atom is -0.372 e. The molecule has 37 heavy (non-hydrogen) atoms. The monoisotopic (exact) mass is 516 g/mol. The lowest BCUT2D eigenvalue weighted by Crippen LogP contribution is -2.13. The van der Waals surface area contributed by atoms with Gasteiger partial charge in [-0.2, -0.15) is 0 Å². The minimum atomic E-state index is -3.51. The second-order valence-corrected chi connectivity index (χ2v) is 10.5. The lowest BCUT2D eigenvalue weighted by molar-refractivity contribution is 0.102. The SMILES string of the molecule is Cc1ccc(C(=O)Nc2ccc(COCc3ccccc3)cc2)cc1-c1cnc(C)c(NS(C)(=O)=O)n1. The van der Waals surface area contributed by atoms with Crippen LogP contribution in [0.5, 0.6) is 0 Å². The standard InChI is InChI=1S/C28H28N4O4S/c1-19-9-12-23(15-25(19)26-16-29-20(2)27(31-26)32-37(3,34)35)28(33)30-24-13-10-22(11-14-24)18-36-17-21-7-5-4-6-8-21/h4-16H,17-18H2,1-3H3,(H,30,33)(H,31,32). The van der Waals surface area contributed by atoms with Crippen molar-refractivity contribution in [2.24, 2.45) is 0 Å². The number of aromatic nitrogens is 2. The van der Waals surface area contributed by atoms with Crippen LogP contribution in [0.15, 0.2) is 79.0 Å². The van der Waals surface area contributed by atoms with Gasteiger partial charge in [0.1, 0.15) is 0 Å². The Bertz CT molecular complexity index is 1510. The van der Waals surface area contributed by atoms with E-state index in [9.17, 15) is 13.2 Å². The first kappa shape index (κ1) is 26.0. The molecule has 0 bridgehead atoms. The summed E-state index contributed by atoms with van der Waals surface area (Å²) in [6.45, 7) is 4.56. The third-order valence-corrected chi connectivity index (χ3v) is 6.17. The molecule has 4 rings (SSSR count). The van der Waals surface area contributed by atoms with Crippen molar-refractivity contribution in [3.63, 3.8) is 0 Å². The number of amides is 1. The summed E-state index contributed by atoms with van der Waals surface area (Å²) in [5, 5.41) is 2.91. The van der Waals surface area contributed by atoms with Crippen LogP contribution < -0.4 is 10.0 Å². The average molecular weight is 517 g/mol. The average Bonchev–Trinajstić information content (AvgIpc) is 2.86. The van der Waals surface area contributed by atoms with Gasteiger partial charge in [0.25, 0.3) is 5.91 Å². The van der Waals surface area contributed by atoms with E-state index < -0.39 is 10.0 Å². The van der Waals surface area contributed by atoms with Gasteiger partial charge in [-0.25, -0.2) is 13.4 Å². The highest BCUT2D eigenvalue weighted by Crippen LogP contribution is 2.25. The third kappa shape index (κ3) is 7.22. The van der Waals surface area contributed by atoms with Gasteiger partial charge in [-0.05, 0) is 54.8 Å². The molecule has 0 fully saturated rings. The highest BCUT2D eigenvalue weighted by Gasteiger charge is 2.14. The second kappa shape index (κ2) is 11.3. The lowest BCUT2D eigenvalue weighted by atomic mass is 10.0. The van der Waals surface area contributed by atoms with E-state index in [0.717, 1.165) is 22.9 Å². The van der Waals surface area contributed by atoms with E-state index in [1.807, 2.05) is 67.6 Å². The summed E-state index contributed by atoms with van der Waals surface area (Å²) in [4.78, 5) is 21.7. The van der Waals surface area contributed by atoms with E-state index in [0.29, 0.717) is 41.4 Å². The Morgan fingerprint density at radius 2 is 1.59 bits per heavy atom. The molecule has 1 aromatic heterocycles. The summed E-state index contributed by atoms with van der Waals surface area (Å²) in [7, 11) is -3.51. The number of ether oxygens (including phenoxy) is 1. The largest absolute Gasteiger partial charge is 0.372 e. The fourth-order valence-electron chi connectivity index (χ4n) is 3.64. The van der Waals surface area contributed by atoms with E-state index in [2.05, 4.69) is 20.0 Å². The lowest BCUT2D eigenvalue weighted by Gasteiger charge is -2.12. The van der Waals surface area contributed by atoms with Gasteiger partial charge in [0, 0.05) is 16.8 Å². The molecule has 0 saturated carbocycles. The number of nitrogens with zero attached hydrogens (tertiary/aromatic N) is 2. The molecule has 4 aromatic rings. The first-order chi connectivity index (χ1) is 17.7. The van der Waals surface area contributed by atoms with Crippen LogP contribution in [-0.2, 0) is 28.0 Å². The Kier molecular flexibility index (Phi) is 7.95. The number of carbonyl (C=O) groups excluding carboxylic acids is 1. The molecule has 0 aliphatic heterocycles. The van der Waals surface area contributed by atoms with Crippen molar-refractivity contribution in [1.29, 1.82) is 0 Å². The molecule has 2 N–H and O–H groups in total. The smallest absolute Gasteiger partial charge is 0.255 e. The maximum atomic E-state index is 13.0. The summed E-state index contributed by atoms with van der Waals surface area (Å²) < 4.78 is 31.5. The first-order valence-corrected chi connectivity index (χ1v) is 13.5. The number of sulfonamides is 1. The van der Waals surface area contributed by atoms with E-state index in [-0.39, 0.29) is 11.7 Å². The van der Waals surface area contributed by atoms with Gasteiger partial charge in [0.15, 0.2) is 5.82 Å². The summed E-state index contributed by atoms with van der Waals surface area (Å²) in [6, 6.07) is 22.8. The maximum Gasteiger partial charge on any atom is 0.255 e. The highest BCUT2D eigenvalue weighted by atomic mass is 32.2. The molecule has 9 heteroatoms. The number of aryl methyl sites for hydroxylation is 2. The number of carbonyl (C=O) groups is 1. The molecule has 0 atom stereocenters.